The quantitative estimate of drug-likeness (QED) is 0.138. The molecule has 362 valence electrons. The van der Waals surface area contributed by atoms with Gasteiger partial charge in [0.25, 0.3) is 17.4 Å². The number of likely N-dealkylation sites (tertiary alicyclic amines) is 1. The molecule has 3 N–H and O–H groups in total. The number of amides is 4. The maximum Gasteiger partial charge on any atom is 0.274 e. The Labute approximate surface area is 405 Å². The van der Waals surface area contributed by atoms with Crippen molar-refractivity contribution in [3.63, 3.8) is 0 Å². The van der Waals surface area contributed by atoms with Gasteiger partial charge >= 0.3 is 0 Å². The van der Waals surface area contributed by atoms with Crippen LogP contribution in [0.15, 0.2) is 102 Å². The van der Waals surface area contributed by atoms with Crippen molar-refractivity contribution in [1.82, 2.24) is 49.6 Å². The number of piperidine rings is 1. The van der Waals surface area contributed by atoms with E-state index in [4.69, 9.17) is 0 Å². The topological polar surface area (TPSA) is 193 Å². The Hall–Kier alpha value is -7.44. The fourth-order valence-corrected chi connectivity index (χ4v) is 9.56. The summed E-state index contributed by atoms with van der Waals surface area (Å²) < 4.78 is 15.1. The average molecular weight is 949 g/mol. The molecule has 0 bridgehead atoms. The minimum atomic E-state index is -0.612. The van der Waals surface area contributed by atoms with Gasteiger partial charge in [-0.15, -0.1) is 0 Å². The Morgan fingerprint density at radius 1 is 0.729 bits per heavy atom. The Bertz CT molecular complexity index is 2910. The van der Waals surface area contributed by atoms with Gasteiger partial charge < -0.3 is 25.3 Å². The molecule has 17 nitrogen and oxygen atoms in total. The summed E-state index contributed by atoms with van der Waals surface area (Å²) in [5.41, 5.74) is 4.45. The summed E-state index contributed by atoms with van der Waals surface area (Å²) in [7, 11) is 0. The lowest BCUT2D eigenvalue weighted by atomic mass is 9.96. The second kappa shape index (κ2) is 21.9. The largest absolute Gasteiger partial charge is 0.360 e. The highest BCUT2D eigenvalue weighted by Crippen LogP contribution is 2.28. The van der Waals surface area contributed by atoms with Crippen molar-refractivity contribution < 1.29 is 23.6 Å². The number of benzene rings is 3. The molecule has 3 aromatic carbocycles. The number of nitrogens with one attached hydrogen (secondary N) is 3. The van der Waals surface area contributed by atoms with Crippen LogP contribution in [0.4, 0.5) is 15.9 Å². The van der Waals surface area contributed by atoms with E-state index in [-0.39, 0.29) is 41.1 Å². The number of fused-ring (bicyclic) bond motifs is 1. The monoisotopic (exact) mass is 948 g/mol. The van der Waals surface area contributed by atoms with E-state index in [1.165, 1.54) is 24.0 Å². The molecule has 70 heavy (non-hydrogen) atoms. The number of halogens is 1. The van der Waals surface area contributed by atoms with Gasteiger partial charge in [0.2, 0.25) is 11.8 Å². The van der Waals surface area contributed by atoms with Crippen LogP contribution in [-0.2, 0) is 22.4 Å². The van der Waals surface area contributed by atoms with Crippen molar-refractivity contribution in [1.29, 1.82) is 0 Å². The molecule has 9 rings (SSSR count). The highest BCUT2D eigenvalue weighted by molar-refractivity contribution is 6.04. The molecule has 3 aliphatic rings. The van der Waals surface area contributed by atoms with E-state index in [0.717, 1.165) is 50.0 Å². The first-order chi connectivity index (χ1) is 34.1. The van der Waals surface area contributed by atoms with E-state index < -0.39 is 11.7 Å². The molecule has 0 radical (unpaired) electrons. The summed E-state index contributed by atoms with van der Waals surface area (Å²) in [5, 5.41) is 13.9. The molecular formula is C52H57FN12O5. The van der Waals surface area contributed by atoms with Gasteiger partial charge in [-0.2, -0.15) is 5.10 Å². The van der Waals surface area contributed by atoms with Crippen molar-refractivity contribution >= 4 is 45.9 Å². The van der Waals surface area contributed by atoms with E-state index in [1.807, 2.05) is 30.3 Å². The van der Waals surface area contributed by atoms with Crippen LogP contribution in [-0.4, -0.2) is 158 Å². The van der Waals surface area contributed by atoms with Crippen LogP contribution >= 0.6 is 0 Å². The Kier molecular flexibility index (Phi) is 14.9. The van der Waals surface area contributed by atoms with Gasteiger partial charge in [0.15, 0.2) is 5.69 Å². The number of aromatic nitrogens is 5. The lowest BCUT2D eigenvalue weighted by molar-refractivity contribution is -0.134. The van der Waals surface area contributed by atoms with Crippen LogP contribution < -0.4 is 16.2 Å². The average Bonchev–Trinajstić information content (AvgIpc) is 3.40. The van der Waals surface area contributed by atoms with Crippen LogP contribution in [0.3, 0.4) is 0 Å². The summed E-state index contributed by atoms with van der Waals surface area (Å²) in [6.45, 7) is 8.71. The lowest BCUT2D eigenvalue weighted by Gasteiger charge is -2.39. The van der Waals surface area contributed by atoms with Crippen LogP contribution in [0, 0.1) is 11.7 Å². The zero-order valence-electron chi connectivity index (χ0n) is 39.3. The molecule has 3 fully saturated rings. The highest BCUT2D eigenvalue weighted by Gasteiger charge is 2.31. The highest BCUT2D eigenvalue weighted by atomic mass is 19.1. The number of aromatic amines is 1. The fraction of sp³-hybridized carbons (Fsp3) is 0.365. The molecule has 0 unspecified atom stereocenters. The van der Waals surface area contributed by atoms with Crippen LogP contribution in [0.5, 0.6) is 0 Å². The summed E-state index contributed by atoms with van der Waals surface area (Å²) in [6, 6.07) is 21.6. The molecule has 0 saturated carbocycles. The van der Waals surface area contributed by atoms with Crippen LogP contribution in [0.25, 0.3) is 21.9 Å². The van der Waals surface area contributed by atoms with Crippen LogP contribution in [0.1, 0.15) is 57.4 Å². The van der Waals surface area contributed by atoms with Crippen molar-refractivity contribution in [3.8, 4) is 11.1 Å². The molecule has 6 heterocycles. The normalized spacial score (nSPS) is 16.1. The number of hydrogen-bond donors (Lipinski definition) is 3. The van der Waals surface area contributed by atoms with Gasteiger partial charge in [-0.1, -0.05) is 55.5 Å². The first kappa shape index (κ1) is 47.6. The molecular weight excluding hydrogens is 892 g/mol. The molecule has 3 saturated heterocycles. The minimum Gasteiger partial charge on any atom is -0.360 e. The van der Waals surface area contributed by atoms with Gasteiger partial charge in [-0.05, 0) is 79.2 Å². The zero-order chi connectivity index (χ0) is 48.6. The predicted molar refractivity (Wildman–Crippen MR) is 264 cm³/mol. The molecule has 0 atom stereocenters. The summed E-state index contributed by atoms with van der Waals surface area (Å²) in [4.78, 5) is 89.2. The van der Waals surface area contributed by atoms with Crippen molar-refractivity contribution in [2.24, 2.45) is 5.92 Å². The summed E-state index contributed by atoms with van der Waals surface area (Å²) >= 11 is 0. The smallest absolute Gasteiger partial charge is 0.274 e. The maximum atomic E-state index is 15.1. The number of carbonyl (C=O) groups excluding carboxylic acids is 4. The fourth-order valence-electron chi connectivity index (χ4n) is 9.56. The zero-order valence-corrected chi connectivity index (χ0v) is 39.3. The van der Waals surface area contributed by atoms with E-state index in [0.29, 0.717) is 105 Å². The molecule has 6 aromatic rings. The second-order valence-corrected chi connectivity index (χ2v) is 18.2. The van der Waals surface area contributed by atoms with Crippen LogP contribution in [0.2, 0.25) is 0 Å². The third-order valence-electron chi connectivity index (χ3n) is 13.6. The molecule has 3 aromatic heterocycles. The van der Waals surface area contributed by atoms with Gasteiger partial charge in [0, 0.05) is 94.9 Å². The maximum absolute atomic E-state index is 15.1. The number of hydrogen-bond acceptors (Lipinski definition) is 12. The minimum absolute atomic E-state index is 0.0244. The summed E-state index contributed by atoms with van der Waals surface area (Å²) in [5.74, 6) is -0.662. The van der Waals surface area contributed by atoms with Gasteiger partial charge in [0.1, 0.15) is 11.6 Å². The predicted octanol–water partition coefficient (Wildman–Crippen LogP) is 4.57. The van der Waals surface area contributed by atoms with Gasteiger partial charge in [-0.25, -0.2) is 19.5 Å². The van der Waals surface area contributed by atoms with E-state index in [2.05, 4.69) is 64.6 Å². The summed E-state index contributed by atoms with van der Waals surface area (Å²) in [6.07, 6.45) is 9.41. The number of pyridine rings is 1. The third-order valence-corrected chi connectivity index (χ3v) is 13.6. The van der Waals surface area contributed by atoms with Gasteiger partial charge in [-0.3, -0.25) is 38.8 Å². The molecule has 18 heteroatoms. The lowest BCUT2D eigenvalue weighted by Crippen LogP contribution is -2.53. The molecule has 0 spiro atoms. The number of anilines is 2. The first-order valence-electron chi connectivity index (χ1n) is 24.0. The SMILES string of the molecule is CCc1cccc(-c2cnc(C(=O)N3CCN(CC4CCN(CC(=O)N5CCN(C(=O)c6cc(Cc7n[nH]c(=O)c8ccccc78)ccc6F)CC5)CC4)CC3)c(NC(=O)CNc3cnccn3)c2)c1. The third kappa shape index (κ3) is 11.4. The van der Waals surface area contributed by atoms with Crippen molar-refractivity contribution in [2.45, 2.75) is 32.6 Å². The molecule has 4 amide bonds. The number of aryl methyl sites for hydroxylation is 1. The van der Waals surface area contributed by atoms with Crippen molar-refractivity contribution in [2.75, 3.05) is 95.7 Å². The molecule has 3 aliphatic heterocycles. The van der Waals surface area contributed by atoms with Gasteiger partial charge in [0.05, 0.1) is 41.6 Å². The van der Waals surface area contributed by atoms with E-state index in [9.17, 15) is 24.0 Å². The van der Waals surface area contributed by atoms with E-state index >= 15 is 4.39 Å². The molecule has 0 aliphatic carbocycles. The van der Waals surface area contributed by atoms with Crippen molar-refractivity contribution in [3.05, 3.63) is 142 Å². The number of piperazine rings is 2. The number of nitrogens with zero attached hydrogens (tertiary/aromatic N) is 9. The second-order valence-electron chi connectivity index (χ2n) is 18.2. The number of rotatable bonds is 14. The Balaban J connectivity index is 0.724. The number of carbonyl (C=O) groups is 4. The first-order valence-corrected chi connectivity index (χ1v) is 24.0. The standard InChI is InChI=1S/C52H57FN12O5/c1-2-35-6-5-7-38(26-35)39-29-45(58-47(66)32-56-46-31-54-14-15-55-46)49(57-30-39)52(70)65-20-18-62(19-21-65)33-36-12-16-61(17-13-36)34-48(67)63-22-24-64(25-23-63)51(69)42-27-37(10-11-43(42)53)28-44-40-8-3-4-9-41(40)50(68)60-59-44/h3-11,14-15,26-27,29-31,36H,2,12-13,16-25,28,32-34H2,1H3,(H,55,56)(H,58,66)(H,60,68). The Morgan fingerprint density at radius 3 is 2.23 bits per heavy atom. The Morgan fingerprint density at radius 2 is 1.47 bits per heavy atom. The van der Waals surface area contributed by atoms with E-state index in [1.54, 1.807) is 51.4 Å². The number of H-pyrrole nitrogens is 1.